The Morgan fingerprint density at radius 2 is 1.63 bits per heavy atom. The fraction of sp³-hybridized carbons (Fsp3) is 0. The Bertz CT molecular complexity index is 1690. The van der Waals surface area contributed by atoms with E-state index in [9.17, 15) is 9.59 Å². The van der Waals surface area contributed by atoms with Crippen molar-refractivity contribution >= 4 is 72.5 Å². The molecule has 0 bridgehead atoms. The van der Waals surface area contributed by atoms with Gasteiger partial charge in [0.2, 0.25) is 0 Å². The summed E-state index contributed by atoms with van der Waals surface area (Å²) in [5.41, 5.74) is 6.02. The smallest absolute Gasteiger partial charge is 0.343 e. The first-order valence-corrected chi connectivity index (χ1v) is 13.3. The number of fused-ring (bicyclic) bond motifs is 1. The number of carbonyl (C=O) groups excluding carboxylic acids is 2. The second-order valence-corrected chi connectivity index (χ2v) is 10.3. The molecule has 0 saturated heterocycles. The van der Waals surface area contributed by atoms with Gasteiger partial charge in [-0.3, -0.25) is 4.79 Å². The van der Waals surface area contributed by atoms with E-state index in [4.69, 9.17) is 16.3 Å². The second kappa shape index (κ2) is 11.3. The summed E-state index contributed by atoms with van der Waals surface area (Å²) in [6, 6.07) is 27.2. The molecule has 4 aromatic carbocycles. The maximum atomic E-state index is 13.3. The summed E-state index contributed by atoms with van der Waals surface area (Å²) in [7, 11) is 0. The molecule has 1 aromatic heterocycles. The summed E-state index contributed by atoms with van der Waals surface area (Å²) < 4.78 is 6.93. The highest BCUT2D eigenvalue weighted by Crippen LogP contribution is 2.36. The molecule has 0 radical (unpaired) electrons. The van der Waals surface area contributed by atoms with Crippen LogP contribution in [-0.4, -0.2) is 23.1 Å². The van der Waals surface area contributed by atoms with Gasteiger partial charge in [-0.05, 0) is 51.8 Å². The second-order valence-electron chi connectivity index (χ2n) is 8.16. The number of ether oxygens (including phenoxy) is 1. The van der Waals surface area contributed by atoms with E-state index in [1.807, 2.05) is 48.5 Å². The van der Waals surface area contributed by atoms with Crippen molar-refractivity contribution in [3.63, 3.8) is 0 Å². The van der Waals surface area contributed by atoms with Crippen LogP contribution in [0.5, 0.6) is 5.75 Å². The molecule has 5 rings (SSSR count). The third-order valence-electron chi connectivity index (χ3n) is 5.68. The van der Waals surface area contributed by atoms with E-state index in [0.29, 0.717) is 31.8 Å². The summed E-state index contributed by atoms with van der Waals surface area (Å²) >= 11 is 13.3. The summed E-state index contributed by atoms with van der Waals surface area (Å²) in [6.07, 6.45) is 1.42. The van der Waals surface area contributed by atoms with Crippen molar-refractivity contribution in [3.05, 3.63) is 122 Å². The fourth-order valence-corrected chi connectivity index (χ4v) is 5.54. The molecule has 1 amide bonds. The highest BCUT2D eigenvalue weighted by Gasteiger charge is 2.20. The van der Waals surface area contributed by atoms with Crippen LogP contribution in [0.2, 0.25) is 5.02 Å². The lowest BCUT2D eigenvalue weighted by atomic mass is 10.0. The van der Waals surface area contributed by atoms with Crippen molar-refractivity contribution in [1.29, 1.82) is 0 Å². The Morgan fingerprint density at radius 1 is 0.921 bits per heavy atom. The topological polar surface area (TPSA) is 83.5 Å². The quantitative estimate of drug-likeness (QED) is 0.0845. The van der Waals surface area contributed by atoms with Gasteiger partial charge in [0.05, 0.1) is 26.8 Å². The molecule has 0 aliphatic heterocycles. The number of hydrogen-bond donors (Lipinski definition) is 2. The summed E-state index contributed by atoms with van der Waals surface area (Å²) in [5, 5.41) is 5.49. The van der Waals surface area contributed by atoms with Gasteiger partial charge < -0.3 is 9.72 Å². The van der Waals surface area contributed by atoms with Crippen LogP contribution in [0.25, 0.3) is 22.0 Å². The number of aromatic amines is 1. The normalized spacial score (nSPS) is 11.1. The Hall–Kier alpha value is -3.72. The summed E-state index contributed by atoms with van der Waals surface area (Å²) in [4.78, 5) is 29.1. The highest BCUT2D eigenvalue weighted by molar-refractivity contribution is 9.11. The minimum atomic E-state index is -0.519. The number of nitrogens with zero attached hydrogens (tertiary/aromatic N) is 1. The lowest BCUT2D eigenvalue weighted by Crippen LogP contribution is -2.19. The number of nitrogens with one attached hydrogen (secondary N) is 2. The lowest BCUT2D eigenvalue weighted by molar-refractivity contribution is 0.0733. The molecule has 0 fully saturated rings. The third kappa shape index (κ3) is 5.43. The number of H-pyrrole nitrogens is 1. The molecule has 6 nitrogen and oxygen atoms in total. The van der Waals surface area contributed by atoms with Gasteiger partial charge >= 0.3 is 5.97 Å². The molecule has 0 spiro atoms. The Kier molecular flexibility index (Phi) is 7.74. The minimum Gasteiger partial charge on any atom is -0.421 e. The maximum absolute atomic E-state index is 13.3. The van der Waals surface area contributed by atoms with Crippen LogP contribution in [-0.2, 0) is 0 Å². The molecular weight excluding hydrogens is 634 g/mol. The average Bonchev–Trinajstić information content (AvgIpc) is 3.32. The Balaban J connectivity index is 1.45. The minimum absolute atomic E-state index is 0.266. The summed E-state index contributed by atoms with van der Waals surface area (Å²) in [5.74, 6) is -0.707. The first kappa shape index (κ1) is 25.9. The van der Waals surface area contributed by atoms with Gasteiger partial charge in [0.25, 0.3) is 5.91 Å². The molecular formula is C29H18Br2ClN3O3. The van der Waals surface area contributed by atoms with Crippen LogP contribution in [0.3, 0.4) is 0 Å². The van der Waals surface area contributed by atoms with Crippen molar-refractivity contribution < 1.29 is 14.3 Å². The summed E-state index contributed by atoms with van der Waals surface area (Å²) in [6.45, 7) is 0. The number of hydrogen-bond acceptors (Lipinski definition) is 4. The number of hydrazone groups is 1. The SMILES string of the molecule is O=C(Oc1c(Br)cc(Br)cc1C=NNC(=O)c1[nH]c2c(Cl)cccc2c1-c1ccccc1)c1ccccc1. The number of rotatable bonds is 6. The number of esters is 1. The van der Waals surface area contributed by atoms with E-state index in [-0.39, 0.29) is 5.75 Å². The van der Waals surface area contributed by atoms with Gasteiger partial charge in [0.15, 0.2) is 5.75 Å². The molecule has 2 N–H and O–H groups in total. The molecule has 0 aliphatic rings. The number of benzene rings is 4. The van der Waals surface area contributed by atoms with Gasteiger partial charge in [0, 0.05) is 21.0 Å². The third-order valence-corrected chi connectivity index (χ3v) is 7.05. The van der Waals surface area contributed by atoms with E-state index in [0.717, 1.165) is 21.0 Å². The van der Waals surface area contributed by atoms with Gasteiger partial charge in [0.1, 0.15) is 5.69 Å². The molecule has 0 atom stereocenters. The first-order valence-electron chi connectivity index (χ1n) is 11.4. The van der Waals surface area contributed by atoms with Crippen LogP contribution in [0.4, 0.5) is 0 Å². The van der Waals surface area contributed by atoms with Crippen molar-refractivity contribution in [3.8, 4) is 16.9 Å². The van der Waals surface area contributed by atoms with Crippen LogP contribution < -0.4 is 10.2 Å². The van der Waals surface area contributed by atoms with Gasteiger partial charge in [-0.2, -0.15) is 5.10 Å². The van der Waals surface area contributed by atoms with Crippen molar-refractivity contribution in [2.75, 3.05) is 0 Å². The van der Waals surface area contributed by atoms with Crippen molar-refractivity contribution in [2.24, 2.45) is 5.10 Å². The van der Waals surface area contributed by atoms with Gasteiger partial charge in [-0.15, -0.1) is 0 Å². The van der Waals surface area contributed by atoms with E-state index in [1.165, 1.54) is 6.21 Å². The van der Waals surface area contributed by atoms with Crippen LogP contribution in [0.15, 0.2) is 105 Å². The Morgan fingerprint density at radius 3 is 2.37 bits per heavy atom. The molecule has 0 saturated carbocycles. The maximum Gasteiger partial charge on any atom is 0.343 e. The molecule has 5 aromatic rings. The zero-order chi connectivity index (χ0) is 26.6. The van der Waals surface area contributed by atoms with E-state index in [2.05, 4.69) is 47.4 Å². The largest absolute Gasteiger partial charge is 0.421 e. The number of para-hydroxylation sites is 1. The predicted molar refractivity (Wildman–Crippen MR) is 157 cm³/mol. The first-order chi connectivity index (χ1) is 18.4. The lowest BCUT2D eigenvalue weighted by Gasteiger charge is -2.10. The number of carbonyl (C=O) groups is 2. The zero-order valence-corrected chi connectivity index (χ0v) is 23.5. The van der Waals surface area contributed by atoms with Crippen LogP contribution >= 0.6 is 43.5 Å². The standard InChI is InChI=1S/C29H18Br2ClN3O3/c30-20-14-19(27(22(31)15-20)38-29(37)18-10-5-2-6-11-18)16-33-35-28(36)26-24(17-8-3-1-4-9-17)21-12-7-13-23(32)25(21)34-26/h1-16,34H,(H,35,36). The van der Waals surface area contributed by atoms with Gasteiger partial charge in [-0.25, -0.2) is 10.2 Å². The number of aromatic nitrogens is 1. The zero-order valence-electron chi connectivity index (χ0n) is 19.5. The van der Waals surface area contributed by atoms with E-state index < -0.39 is 11.9 Å². The molecule has 1 heterocycles. The molecule has 188 valence electrons. The molecule has 0 unspecified atom stereocenters. The molecule has 9 heteroatoms. The molecule has 38 heavy (non-hydrogen) atoms. The van der Waals surface area contributed by atoms with E-state index >= 15 is 0 Å². The van der Waals surface area contributed by atoms with Crippen molar-refractivity contribution in [1.82, 2.24) is 10.4 Å². The van der Waals surface area contributed by atoms with Crippen LogP contribution in [0.1, 0.15) is 26.4 Å². The molecule has 0 aliphatic carbocycles. The average molecular weight is 652 g/mol. The van der Waals surface area contributed by atoms with Crippen LogP contribution in [0, 0.1) is 0 Å². The monoisotopic (exact) mass is 649 g/mol. The van der Waals surface area contributed by atoms with E-state index in [1.54, 1.807) is 42.5 Å². The highest BCUT2D eigenvalue weighted by atomic mass is 79.9. The number of halogens is 3. The van der Waals surface area contributed by atoms with Gasteiger partial charge in [-0.1, -0.05) is 88.2 Å². The van der Waals surface area contributed by atoms with Crippen molar-refractivity contribution in [2.45, 2.75) is 0 Å². The number of amides is 1. The fourth-order valence-electron chi connectivity index (χ4n) is 3.98. The Labute approximate surface area is 239 Å². The predicted octanol–water partition coefficient (Wildman–Crippen LogP) is 8.00.